The monoisotopic (exact) mass is 326 g/mol. The third kappa shape index (κ3) is 2.73. The van der Waals surface area contributed by atoms with Gasteiger partial charge >= 0.3 is 5.97 Å². The first-order chi connectivity index (χ1) is 11.1. The Labute approximate surface area is 137 Å². The second-order valence-electron chi connectivity index (χ2n) is 4.90. The van der Waals surface area contributed by atoms with Gasteiger partial charge in [0.1, 0.15) is 0 Å². The van der Waals surface area contributed by atoms with Crippen molar-refractivity contribution in [1.29, 1.82) is 0 Å². The lowest BCUT2D eigenvalue weighted by Gasteiger charge is -2.07. The van der Waals surface area contributed by atoms with Crippen LogP contribution >= 0.6 is 11.8 Å². The van der Waals surface area contributed by atoms with Crippen LogP contribution in [0.5, 0.6) is 0 Å². The van der Waals surface area contributed by atoms with E-state index in [0.717, 1.165) is 10.6 Å². The molecule has 0 bridgehead atoms. The van der Waals surface area contributed by atoms with Gasteiger partial charge < -0.3 is 9.74 Å². The summed E-state index contributed by atoms with van der Waals surface area (Å²) in [5.74, 6) is -0.876. The number of hydrogen-bond donors (Lipinski definition) is 0. The van der Waals surface area contributed by atoms with E-state index in [1.54, 1.807) is 25.2 Å². The predicted molar refractivity (Wildman–Crippen MR) is 90.0 cm³/mol. The molecular weight excluding hydrogens is 312 g/mol. The topological polar surface area (TPSA) is 59.0 Å². The Balaban J connectivity index is 1.89. The van der Waals surface area contributed by atoms with Gasteiger partial charge in [0, 0.05) is 17.5 Å². The summed E-state index contributed by atoms with van der Waals surface area (Å²) >= 11 is 1.45. The lowest BCUT2D eigenvalue weighted by atomic mass is 10.1. The Hall–Kier alpha value is -2.60. The fraction of sp³-hybridized carbons (Fsp3) is 0.118. The first kappa shape index (κ1) is 15.3. The number of amides is 1. The molecule has 0 saturated heterocycles. The van der Waals surface area contributed by atoms with Crippen molar-refractivity contribution in [2.45, 2.75) is 4.90 Å². The van der Waals surface area contributed by atoms with Crippen molar-refractivity contribution in [3.63, 3.8) is 0 Å². The molecule has 1 aliphatic rings. The molecule has 0 aliphatic carbocycles. The molecule has 2 aromatic carbocycles. The quantitative estimate of drug-likeness (QED) is 0.494. The van der Waals surface area contributed by atoms with Gasteiger partial charge in [0.2, 0.25) is 0 Å². The van der Waals surface area contributed by atoms with Crippen molar-refractivity contribution in [2.24, 2.45) is 5.16 Å². The Morgan fingerprint density at radius 1 is 1.13 bits per heavy atom. The molecule has 6 heteroatoms. The Morgan fingerprint density at radius 3 is 2.61 bits per heavy atom. The molecule has 0 spiro atoms. The third-order valence-electron chi connectivity index (χ3n) is 3.57. The highest BCUT2D eigenvalue weighted by Crippen LogP contribution is 2.28. The van der Waals surface area contributed by atoms with Crippen molar-refractivity contribution < 1.29 is 14.4 Å². The summed E-state index contributed by atoms with van der Waals surface area (Å²) < 4.78 is 0. The first-order valence-corrected chi connectivity index (χ1v) is 8.15. The van der Waals surface area contributed by atoms with Gasteiger partial charge in [-0.3, -0.25) is 4.79 Å². The van der Waals surface area contributed by atoms with Gasteiger partial charge in [-0.15, -0.1) is 11.8 Å². The molecule has 1 aliphatic heterocycles. The second kappa shape index (κ2) is 6.26. The molecule has 3 rings (SSSR count). The fourth-order valence-corrected chi connectivity index (χ4v) is 2.97. The number of oxime groups is 1. The Morgan fingerprint density at radius 2 is 1.83 bits per heavy atom. The minimum absolute atomic E-state index is 0.137. The van der Waals surface area contributed by atoms with Crippen molar-refractivity contribution in [3.8, 4) is 0 Å². The van der Waals surface area contributed by atoms with Crippen LogP contribution in [0.25, 0.3) is 0 Å². The number of carbonyl (C=O) groups is 2. The van der Waals surface area contributed by atoms with E-state index in [-0.39, 0.29) is 11.6 Å². The molecule has 5 nitrogen and oxygen atoms in total. The molecule has 0 unspecified atom stereocenters. The van der Waals surface area contributed by atoms with Gasteiger partial charge in [-0.05, 0) is 24.5 Å². The summed E-state index contributed by atoms with van der Waals surface area (Å²) in [5, 5.41) is 3.81. The van der Waals surface area contributed by atoms with Crippen LogP contribution < -0.4 is 4.90 Å². The molecule has 0 atom stereocenters. The molecule has 0 N–H and O–H groups in total. The zero-order chi connectivity index (χ0) is 16.4. The first-order valence-electron chi connectivity index (χ1n) is 6.93. The van der Waals surface area contributed by atoms with Crippen LogP contribution in [0.3, 0.4) is 0 Å². The number of anilines is 1. The molecule has 1 heterocycles. The van der Waals surface area contributed by atoms with Crippen LogP contribution in [-0.4, -0.2) is 30.9 Å². The highest BCUT2D eigenvalue weighted by Gasteiger charge is 2.32. The standard InChI is InChI=1S/C17H14N2O3S/c1-19-13-9-5-3-7-11(13)15(16(19)20)18-22-17(21)12-8-4-6-10-14(12)23-2/h3-10H,1-2H3/b18-15-. The van der Waals surface area contributed by atoms with Crippen LogP contribution in [0.1, 0.15) is 15.9 Å². The van der Waals surface area contributed by atoms with Gasteiger partial charge in [0.15, 0.2) is 5.71 Å². The molecule has 0 fully saturated rings. The molecule has 0 aromatic heterocycles. The van der Waals surface area contributed by atoms with Gasteiger partial charge in [0.25, 0.3) is 5.91 Å². The maximum Gasteiger partial charge on any atom is 0.366 e. The van der Waals surface area contributed by atoms with E-state index >= 15 is 0 Å². The lowest BCUT2D eigenvalue weighted by Crippen LogP contribution is -2.26. The van der Waals surface area contributed by atoms with Gasteiger partial charge in [-0.2, -0.15) is 0 Å². The summed E-state index contributed by atoms with van der Waals surface area (Å²) in [6.45, 7) is 0. The van der Waals surface area contributed by atoms with E-state index < -0.39 is 5.97 Å². The zero-order valence-corrected chi connectivity index (χ0v) is 13.5. The van der Waals surface area contributed by atoms with Crippen molar-refractivity contribution >= 4 is 35.0 Å². The molecule has 2 aromatic rings. The summed E-state index contributed by atoms with van der Waals surface area (Å²) in [5.41, 5.74) is 1.97. The number of carbonyl (C=O) groups excluding carboxylic acids is 2. The molecule has 116 valence electrons. The number of rotatable bonds is 3. The van der Waals surface area contributed by atoms with Crippen LogP contribution in [0.2, 0.25) is 0 Å². The normalized spacial score (nSPS) is 15.0. The van der Waals surface area contributed by atoms with Gasteiger partial charge in [-0.25, -0.2) is 4.79 Å². The number of nitrogens with zero attached hydrogens (tertiary/aromatic N) is 2. The Bertz CT molecular complexity index is 817. The minimum Gasteiger partial charge on any atom is -0.312 e. The highest BCUT2D eigenvalue weighted by molar-refractivity contribution is 7.98. The van der Waals surface area contributed by atoms with Crippen molar-refractivity contribution in [1.82, 2.24) is 0 Å². The molecular formula is C17H14N2O3S. The second-order valence-corrected chi connectivity index (χ2v) is 5.75. The van der Waals surface area contributed by atoms with E-state index in [9.17, 15) is 9.59 Å². The van der Waals surface area contributed by atoms with E-state index in [2.05, 4.69) is 5.16 Å². The number of benzene rings is 2. The van der Waals surface area contributed by atoms with Gasteiger partial charge in [0.05, 0.1) is 11.3 Å². The van der Waals surface area contributed by atoms with Crippen molar-refractivity contribution in [2.75, 3.05) is 18.2 Å². The summed E-state index contributed by atoms with van der Waals surface area (Å²) in [6, 6.07) is 14.4. The smallest absolute Gasteiger partial charge is 0.312 e. The fourth-order valence-electron chi connectivity index (χ4n) is 2.39. The largest absolute Gasteiger partial charge is 0.366 e. The number of likely N-dealkylation sites (N-methyl/N-ethyl adjacent to an activating group) is 1. The Kier molecular flexibility index (Phi) is 4.16. The maximum absolute atomic E-state index is 12.2. The average Bonchev–Trinajstić information content (AvgIpc) is 2.84. The summed E-state index contributed by atoms with van der Waals surface area (Å²) in [6.07, 6.45) is 1.88. The van der Waals surface area contributed by atoms with E-state index in [4.69, 9.17) is 4.84 Å². The molecule has 1 amide bonds. The van der Waals surface area contributed by atoms with E-state index in [1.165, 1.54) is 16.7 Å². The molecule has 0 radical (unpaired) electrons. The van der Waals surface area contributed by atoms with Crippen LogP contribution in [0.4, 0.5) is 5.69 Å². The number of thioether (sulfide) groups is 1. The van der Waals surface area contributed by atoms with E-state index in [1.807, 2.05) is 36.6 Å². The third-order valence-corrected chi connectivity index (χ3v) is 4.37. The SMILES string of the molecule is CSc1ccccc1C(=O)O/N=C1\C(=O)N(C)c2ccccc21. The highest BCUT2D eigenvalue weighted by atomic mass is 32.2. The molecule has 0 saturated carbocycles. The summed E-state index contributed by atoms with van der Waals surface area (Å²) in [4.78, 5) is 31.7. The number of fused-ring (bicyclic) bond motifs is 1. The molecule has 23 heavy (non-hydrogen) atoms. The van der Waals surface area contributed by atoms with E-state index in [0.29, 0.717) is 11.1 Å². The van der Waals surface area contributed by atoms with Crippen molar-refractivity contribution in [3.05, 3.63) is 59.7 Å². The van der Waals surface area contributed by atoms with Crippen LogP contribution in [-0.2, 0) is 9.63 Å². The minimum atomic E-state index is -0.581. The number of hydrogen-bond acceptors (Lipinski definition) is 5. The number of para-hydroxylation sites is 1. The van der Waals surface area contributed by atoms with Crippen LogP contribution in [0, 0.1) is 0 Å². The lowest BCUT2D eigenvalue weighted by molar-refractivity contribution is -0.112. The maximum atomic E-state index is 12.2. The zero-order valence-electron chi connectivity index (χ0n) is 12.6. The summed E-state index contributed by atoms with van der Waals surface area (Å²) in [7, 11) is 1.66. The van der Waals surface area contributed by atoms with Gasteiger partial charge in [-0.1, -0.05) is 35.5 Å². The average molecular weight is 326 g/mol. The van der Waals surface area contributed by atoms with Crippen LogP contribution in [0.15, 0.2) is 58.6 Å². The predicted octanol–water partition coefficient (Wildman–Crippen LogP) is 2.95.